The Morgan fingerprint density at radius 2 is 1.79 bits per heavy atom. The van der Waals surface area contributed by atoms with Gasteiger partial charge in [-0.2, -0.15) is 0 Å². The molecule has 2 heteroatoms. The number of hydrogen-bond acceptors (Lipinski definition) is 2. The van der Waals surface area contributed by atoms with Crippen LogP contribution in [0.1, 0.15) is 26.7 Å². The number of hydrogen-bond donors (Lipinski definition) is 1. The Morgan fingerprint density at radius 1 is 1.05 bits per heavy atom. The van der Waals surface area contributed by atoms with Crippen LogP contribution in [0.2, 0.25) is 0 Å². The highest BCUT2D eigenvalue weighted by Gasteiger charge is 2.14. The number of thioether (sulfide) groups is 1. The zero-order valence-corrected chi connectivity index (χ0v) is 12.7. The molecule has 2 rings (SSSR count). The van der Waals surface area contributed by atoms with Crippen molar-refractivity contribution >= 4 is 22.5 Å². The maximum Gasteiger partial charge on any atom is 0.00783 e. The lowest BCUT2D eigenvalue weighted by Gasteiger charge is -2.21. The molecule has 0 bridgehead atoms. The first-order valence-electron chi connectivity index (χ1n) is 6.92. The minimum Gasteiger partial charge on any atom is -0.330 e. The van der Waals surface area contributed by atoms with Crippen LogP contribution in [0.5, 0.6) is 0 Å². The van der Waals surface area contributed by atoms with Crippen LogP contribution < -0.4 is 5.73 Å². The van der Waals surface area contributed by atoms with Crippen LogP contribution in [0.15, 0.2) is 47.4 Å². The van der Waals surface area contributed by atoms with Gasteiger partial charge in [0.2, 0.25) is 0 Å². The summed E-state index contributed by atoms with van der Waals surface area (Å²) in [5, 5.41) is 2.64. The van der Waals surface area contributed by atoms with Gasteiger partial charge in [0, 0.05) is 4.90 Å². The first kappa shape index (κ1) is 14.4. The third-order valence-electron chi connectivity index (χ3n) is 3.54. The summed E-state index contributed by atoms with van der Waals surface area (Å²) in [7, 11) is 0. The Morgan fingerprint density at radius 3 is 2.53 bits per heavy atom. The molecule has 0 heterocycles. The molecule has 0 aliphatic carbocycles. The van der Waals surface area contributed by atoms with Crippen LogP contribution >= 0.6 is 11.8 Å². The van der Waals surface area contributed by atoms with E-state index >= 15 is 0 Å². The van der Waals surface area contributed by atoms with E-state index in [1.54, 1.807) is 0 Å². The van der Waals surface area contributed by atoms with Crippen LogP contribution in [0.4, 0.5) is 0 Å². The summed E-state index contributed by atoms with van der Waals surface area (Å²) in [4.78, 5) is 1.37. The van der Waals surface area contributed by atoms with Gasteiger partial charge in [0.05, 0.1) is 0 Å². The van der Waals surface area contributed by atoms with Gasteiger partial charge in [-0.3, -0.25) is 0 Å². The van der Waals surface area contributed by atoms with Crippen molar-refractivity contribution in [1.82, 2.24) is 0 Å². The molecule has 0 aliphatic heterocycles. The summed E-state index contributed by atoms with van der Waals surface area (Å²) < 4.78 is 0. The Balaban J connectivity index is 1.88. The Bertz CT molecular complexity index is 534. The highest BCUT2D eigenvalue weighted by molar-refractivity contribution is 7.99. The van der Waals surface area contributed by atoms with Gasteiger partial charge in [-0.15, -0.1) is 11.8 Å². The molecule has 2 aromatic carbocycles. The molecule has 0 fully saturated rings. The molecule has 0 saturated heterocycles. The number of fused-ring (bicyclic) bond motifs is 1. The molecule has 2 aromatic rings. The van der Waals surface area contributed by atoms with Crippen molar-refractivity contribution in [2.45, 2.75) is 31.6 Å². The van der Waals surface area contributed by atoms with Gasteiger partial charge in [0.1, 0.15) is 0 Å². The van der Waals surface area contributed by atoms with Gasteiger partial charge in [-0.1, -0.05) is 44.2 Å². The maximum atomic E-state index is 5.76. The zero-order valence-electron chi connectivity index (χ0n) is 11.9. The van der Waals surface area contributed by atoms with Crippen molar-refractivity contribution < 1.29 is 0 Å². The van der Waals surface area contributed by atoms with E-state index in [-0.39, 0.29) is 5.41 Å². The molecule has 0 saturated carbocycles. The number of benzene rings is 2. The van der Waals surface area contributed by atoms with Crippen molar-refractivity contribution in [2.75, 3.05) is 12.3 Å². The van der Waals surface area contributed by atoms with Crippen molar-refractivity contribution in [2.24, 2.45) is 11.1 Å². The molecule has 0 unspecified atom stereocenters. The second-order valence-corrected chi connectivity index (χ2v) is 7.00. The fraction of sp³-hybridized carbons (Fsp3) is 0.412. The van der Waals surface area contributed by atoms with Crippen molar-refractivity contribution in [3.8, 4) is 0 Å². The molecule has 0 atom stereocenters. The van der Waals surface area contributed by atoms with Gasteiger partial charge >= 0.3 is 0 Å². The third kappa shape index (κ3) is 4.26. The van der Waals surface area contributed by atoms with Gasteiger partial charge < -0.3 is 5.73 Å². The summed E-state index contributed by atoms with van der Waals surface area (Å²) in [6, 6.07) is 15.2. The number of nitrogens with two attached hydrogens (primary N) is 1. The SMILES string of the molecule is CC(C)(CN)CCCSc1ccc2ccccc2c1. The van der Waals surface area contributed by atoms with Crippen molar-refractivity contribution in [3.05, 3.63) is 42.5 Å². The Kier molecular flexibility index (Phi) is 4.89. The van der Waals surface area contributed by atoms with E-state index in [1.165, 1.54) is 34.3 Å². The highest BCUT2D eigenvalue weighted by atomic mass is 32.2. The molecule has 19 heavy (non-hydrogen) atoms. The largest absolute Gasteiger partial charge is 0.330 e. The predicted molar refractivity (Wildman–Crippen MR) is 86.7 cm³/mol. The van der Waals surface area contributed by atoms with Crippen LogP contribution in [0.25, 0.3) is 10.8 Å². The molecule has 2 N–H and O–H groups in total. The quantitative estimate of drug-likeness (QED) is 0.610. The molecule has 0 amide bonds. The topological polar surface area (TPSA) is 26.0 Å². The smallest absolute Gasteiger partial charge is 0.00783 e. The van der Waals surface area contributed by atoms with E-state index in [1.807, 2.05) is 11.8 Å². The highest BCUT2D eigenvalue weighted by Crippen LogP contribution is 2.27. The lowest BCUT2D eigenvalue weighted by atomic mass is 9.88. The van der Waals surface area contributed by atoms with Gasteiger partial charge in [-0.05, 0) is 53.5 Å². The lowest BCUT2D eigenvalue weighted by molar-refractivity contribution is 0.345. The minimum atomic E-state index is 0.282. The van der Waals surface area contributed by atoms with E-state index in [4.69, 9.17) is 5.73 Å². The fourth-order valence-corrected chi connectivity index (χ4v) is 3.00. The van der Waals surface area contributed by atoms with Crippen LogP contribution in [0.3, 0.4) is 0 Å². The molecule has 0 aliphatic rings. The second-order valence-electron chi connectivity index (χ2n) is 5.83. The minimum absolute atomic E-state index is 0.282. The maximum absolute atomic E-state index is 5.76. The second kappa shape index (κ2) is 6.44. The normalized spacial score (nSPS) is 11.9. The van der Waals surface area contributed by atoms with Crippen LogP contribution in [-0.2, 0) is 0 Å². The summed E-state index contributed by atoms with van der Waals surface area (Å²) in [6.07, 6.45) is 2.42. The summed E-state index contributed by atoms with van der Waals surface area (Å²) >= 11 is 1.95. The number of rotatable bonds is 6. The fourth-order valence-electron chi connectivity index (χ4n) is 2.10. The van der Waals surface area contributed by atoms with E-state index in [0.717, 1.165) is 6.54 Å². The van der Waals surface area contributed by atoms with Crippen molar-refractivity contribution in [1.29, 1.82) is 0 Å². The Labute approximate surface area is 120 Å². The first-order chi connectivity index (χ1) is 9.11. The first-order valence-corrected chi connectivity index (χ1v) is 7.91. The third-order valence-corrected chi connectivity index (χ3v) is 4.62. The van der Waals surface area contributed by atoms with Gasteiger partial charge in [-0.25, -0.2) is 0 Å². The Hall–Kier alpha value is -0.990. The average Bonchev–Trinajstić information content (AvgIpc) is 2.43. The average molecular weight is 273 g/mol. The van der Waals surface area contributed by atoms with E-state index < -0.39 is 0 Å². The summed E-state index contributed by atoms with van der Waals surface area (Å²) in [5.74, 6) is 1.17. The molecule has 0 aromatic heterocycles. The molecule has 0 spiro atoms. The monoisotopic (exact) mass is 273 g/mol. The lowest BCUT2D eigenvalue weighted by Crippen LogP contribution is -2.23. The van der Waals surface area contributed by atoms with Gasteiger partial charge in [0.25, 0.3) is 0 Å². The summed E-state index contributed by atoms with van der Waals surface area (Å²) in [5.41, 5.74) is 6.04. The molecular formula is C17H23NS. The molecule has 0 radical (unpaired) electrons. The standard InChI is InChI=1S/C17H23NS/c1-17(2,13-18)10-5-11-19-16-9-8-14-6-3-4-7-15(14)12-16/h3-4,6-9,12H,5,10-11,13,18H2,1-2H3. The summed E-state index contributed by atoms with van der Waals surface area (Å²) in [6.45, 7) is 5.26. The van der Waals surface area contributed by atoms with E-state index in [2.05, 4.69) is 56.3 Å². The zero-order chi connectivity index (χ0) is 13.7. The van der Waals surface area contributed by atoms with Crippen molar-refractivity contribution in [3.63, 3.8) is 0 Å². The van der Waals surface area contributed by atoms with Gasteiger partial charge in [0.15, 0.2) is 0 Å². The van der Waals surface area contributed by atoms with E-state index in [9.17, 15) is 0 Å². The molecule has 1 nitrogen and oxygen atoms in total. The van der Waals surface area contributed by atoms with E-state index in [0.29, 0.717) is 0 Å². The molecule has 102 valence electrons. The van der Waals surface area contributed by atoms with Crippen LogP contribution in [-0.4, -0.2) is 12.3 Å². The van der Waals surface area contributed by atoms with Crippen LogP contribution in [0, 0.1) is 5.41 Å². The predicted octanol–water partition coefficient (Wildman–Crippen LogP) is 4.70. The molecular weight excluding hydrogens is 250 g/mol.